The van der Waals surface area contributed by atoms with E-state index in [0.29, 0.717) is 23.1 Å². The van der Waals surface area contributed by atoms with Crippen molar-refractivity contribution in [1.29, 1.82) is 0 Å². The molecule has 0 unspecified atom stereocenters. The molecule has 18 heavy (non-hydrogen) atoms. The molecule has 0 fully saturated rings. The summed E-state index contributed by atoms with van der Waals surface area (Å²) in [6, 6.07) is 5.22. The largest absolute Gasteiger partial charge is 0.487 e. The molecule has 2 aromatic rings. The average Bonchev–Trinajstić information content (AvgIpc) is 2.69. The molecule has 2 rings (SSSR count). The number of benzene rings is 1. The second-order valence-corrected chi connectivity index (χ2v) is 4.48. The third-order valence-corrected chi connectivity index (χ3v) is 3.01. The highest BCUT2D eigenvalue weighted by Crippen LogP contribution is 2.27. The molecule has 1 aromatic heterocycles. The minimum absolute atomic E-state index is 0.454. The summed E-state index contributed by atoms with van der Waals surface area (Å²) in [5.74, 6) is 0.634. The molecule has 4 nitrogen and oxygen atoms in total. The van der Waals surface area contributed by atoms with Crippen molar-refractivity contribution in [2.24, 2.45) is 0 Å². The molecule has 0 saturated carbocycles. The zero-order valence-corrected chi connectivity index (χ0v) is 11.2. The Morgan fingerprint density at radius 3 is 2.83 bits per heavy atom. The Kier molecular flexibility index (Phi) is 3.77. The smallest absolute Gasteiger partial charge is 0.138 e. The number of anilines is 1. The molecular formula is C13H16ClN3O. The Balaban J connectivity index is 2.08. The monoisotopic (exact) mass is 265 g/mol. The second kappa shape index (κ2) is 5.31. The van der Waals surface area contributed by atoms with Gasteiger partial charge in [0.25, 0.3) is 0 Å². The molecule has 2 N–H and O–H groups in total. The van der Waals surface area contributed by atoms with Gasteiger partial charge < -0.3 is 10.5 Å². The van der Waals surface area contributed by atoms with Gasteiger partial charge in [-0.3, -0.25) is 4.68 Å². The lowest BCUT2D eigenvalue weighted by atomic mass is 10.3. The summed E-state index contributed by atoms with van der Waals surface area (Å²) in [5, 5.41) is 4.89. The summed E-state index contributed by atoms with van der Waals surface area (Å²) in [6.07, 6.45) is 1.99. The van der Waals surface area contributed by atoms with Crippen molar-refractivity contribution >= 4 is 17.3 Å². The molecule has 5 heteroatoms. The van der Waals surface area contributed by atoms with Crippen LogP contribution in [0.3, 0.4) is 0 Å². The number of halogens is 1. The molecule has 1 aromatic carbocycles. The van der Waals surface area contributed by atoms with E-state index < -0.39 is 0 Å². The topological polar surface area (TPSA) is 53.1 Å². The minimum Gasteiger partial charge on any atom is -0.487 e. The average molecular weight is 266 g/mol. The highest BCUT2D eigenvalue weighted by Gasteiger charge is 2.07. The third kappa shape index (κ3) is 2.76. The summed E-state index contributed by atoms with van der Waals surface area (Å²) in [4.78, 5) is 0. The van der Waals surface area contributed by atoms with Gasteiger partial charge in [-0.1, -0.05) is 11.6 Å². The first-order chi connectivity index (χ1) is 8.60. The maximum Gasteiger partial charge on any atom is 0.138 e. The van der Waals surface area contributed by atoms with Crippen molar-refractivity contribution in [3.63, 3.8) is 0 Å². The minimum atomic E-state index is 0.454. The summed E-state index contributed by atoms with van der Waals surface area (Å²) in [7, 11) is 0. The number of hydrogen-bond acceptors (Lipinski definition) is 3. The van der Waals surface area contributed by atoms with E-state index >= 15 is 0 Å². The van der Waals surface area contributed by atoms with Crippen molar-refractivity contribution in [2.45, 2.75) is 27.0 Å². The SMILES string of the molecule is CCn1cc(COc2ccc(N)cc2Cl)c(C)n1. The first-order valence-electron chi connectivity index (χ1n) is 5.81. The van der Waals surface area contributed by atoms with Crippen LogP contribution >= 0.6 is 11.6 Å². The van der Waals surface area contributed by atoms with Crippen LogP contribution in [0.4, 0.5) is 5.69 Å². The molecule has 0 aliphatic heterocycles. The van der Waals surface area contributed by atoms with Crippen LogP contribution in [0.25, 0.3) is 0 Å². The quantitative estimate of drug-likeness (QED) is 0.865. The van der Waals surface area contributed by atoms with Crippen LogP contribution < -0.4 is 10.5 Å². The van der Waals surface area contributed by atoms with Crippen molar-refractivity contribution < 1.29 is 4.74 Å². The van der Waals surface area contributed by atoms with Crippen LogP contribution in [0.5, 0.6) is 5.75 Å². The Morgan fingerprint density at radius 1 is 1.44 bits per heavy atom. The number of aryl methyl sites for hydroxylation is 2. The molecule has 0 atom stereocenters. The molecule has 1 heterocycles. The highest BCUT2D eigenvalue weighted by atomic mass is 35.5. The fourth-order valence-electron chi connectivity index (χ4n) is 1.65. The van der Waals surface area contributed by atoms with Gasteiger partial charge >= 0.3 is 0 Å². The van der Waals surface area contributed by atoms with E-state index in [2.05, 4.69) is 5.10 Å². The third-order valence-electron chi connectivity index (χ3n) is 2.71. The molecule has 0 saturated heterocycles. The molecule has 0 amide bonds. The Hall–Kier alpha value is -1.68. The van der Waals surface area contributed by atoms with Crippen LogP contribution in [0.2, 0.25) is 5.02 Å². The molecule has 0 aliphatic rings. The number of hydrogen-bond donors (Lipinski definition) is 1. The predicted octanol–water partition coefficient (Wildman–Crippen LogP) is 3.03. The standard InChI is InChI=1S/C13H16ClN3O/c1-3-17-7-10(9(2)16-17)8-18-13-5-4-11(15)6-12(13)14/h4-7H,3,8,15H2,1-2H3. The van der Waals surface area contributed by atoms with Crippen LogP contribution in [-0.4, -0.2) is 9.78 Å². The van der Waals surface area contributed by atoms with Gasteiger partial charge in [-0.2, -0.15) is 5.10 Å². The van der Waals surface area contributed by atoms with Gasteiger partial charge in [0, 0.05) is 24.0 Å². The zero-order valence-electron chi connectivity index (χ0n) is 10.5. The van der Waals surface area contributed by atoms with E-state index in [1.807, 2.05) is 24.7 Å². The van der Waals surface area contributed by atoms with Crippen LogP contribution in [0.15, 0.2) is 24.4 Å². The van der Waals surface area contributed by atoms with Gasteiger partial charge in [-0.15, -0.1) is 0 Å². The molecular weight excluding hydrogens is 250 g/mol. The number of nitrogens with two attached hydrogens (primary N) is 1. The number of rotatable bonds is 4. The van der Waals surface area contributed by atoms with E-state index in [0.717, 1.165) is 17.8 Å². The van der Waals surface area contributed by atoms with E-state index in [1.54, 1.807) is 18.2 Å². The highest BCUT2D eigenvalue weighted by molar-refractivity contribution is 6.32. The Labute approximate surface area is 111 Å². The first kappa shape index (κ1) is 12.8. The van der Waals surface area contributed by atoms with E-state index in [9.17, 15) is 0 Å². The van der Waals surface area contributed by atoms with Crippen molar-refractivity contribution in [3.05, 3.63) is 40.7 Å². The molecule has 96 valence electrons. The van der Waals surface area contributed by atoms with Crippen molar-refractivity contribution in [1.82, 2.24) is 9.78 Å². The lowest BCUT2D eigenvalue weighted by Gasteiger charge is -2.07. The number of nitrogen functional groups attached to an aromatic ring is 1. The van der Waals surface area contributed by atoms with Crippen LogP contribution in [0, 0.1) is 6.92 Å². The second-order valence-electron chi connectivity index (χ2n) is 4.07. The van der Waals surface area contributed by atoms with Crippen LogP contribution in [-0.2, 0) is 13.2 Å². The Morgan fingerprint density at radius 2 is 2.22 bits per heavy atom. The van der Waals surface area contributed by atoms with Crippen molar-refractivity contribution in [2.75, 3.05) is 5.73 Å². The normalized spacial score (nSPS) is 10.6. The first-order valence-corrected chi connectivity index (χ1v) is 6.18. The molecule has 0 spiro atoms. The maximum absolute atomic E-state index is 6.04. The Bertz CT molecular complexity index is 551. The van der Waals surface area contributed by atoms with Crippen molar-refractivity contribution in [3.8, 4) is 5.75 Å². The summed E-state index contributed by atoms with van der Waals surface area (Å²) in [5.41, 5.74) is 8.29. The van der Waals surface area contributed by atoms with Gasteiger partial charge in [-0.25, -0.2) is 0 Å². The van der Waals surface area contributed by atoms with E-state index in [4.69, 9.17) is 22.1 Å². The lowest BCUT2D eigenvalue weighted by Crippen LogP contribution is -1.97. The van der Waals surface area contributed by atoms with Crippen LogP contribution in [0.1, 0.15) is 18.2 Å². The fraction of sp³-hybridized carbons (Fsp3) is 0.308. The van der Waals surface area contributed by atoms with Gasteiger partial charge in [0.05, 0.1) is 10.7 Å². The zero-order chi connectivity index (χ0) is 13.1. The summed E-state index contributed by atoms with van der Waals surface area (Å²) in [6.45, 7) is 5.32. The molecule has 0 bridgehead atoms. The van der Waals surface area contributed by atoms with E-state index in [-0.39, 0.29) is 0 Å². The summed E-state index contributed by atoms with van der Waals surface area (Å²) >= 11 is 6.04. The number of nitrogens with zero attached hydrogens (tertiary/aromatic N) is 2. The predicted molar refractivity (Wildman–Crippen MR) is 72.8 cm³/mol. The summed E-state index contributed by atoms with van der Waals surface area (Å²) < 4.78 is 7.56. The fourth-order valence-corrected chi connectivity index (χ4v) is 1.90. The molecule has 0 radical (unpaired) electrons. The van der Waals surface area contributed by atoms with Gasteiger partial charge in [0.15, 0.2) is 0 Å². The van der Waals surface area contributed by atoms with Gasteiger partial charge in [-0.05, 0) is 32.0 Å². The number of ether oxygens (including phenoxy) is 1. The van der Waals surface area contributed by atoms with Gasteiger partial charge in [0.2, 0.25) is 0 Å². The maximum atomic E-state index is 6.04. The number of aromatic nitrogens is 2. The lowest BCUT2D eigenvalue weighted by molar-refractivity contribution is 0.305. The van der Waals surface area contributed by atoms with E-state index in [1.165, 1.54) is 0 Å². The van der Waals surface area contributed by atoms with Gasteiger partial charge in [0.1, 0.15) is 12.4 Å². The molecule has 0 aliphatic carbocycles.